The lowest BCUT2D eigenvalue weighted by Gasteiger charge is -2.26. The van der Waals surface area contributed by atoms with Gasteiger partial charge in [0.15, 0.2) is 4.80 Å². The number of methoxy groups -OCH3 is 1. The van der Waals surface area contributed by atoms with Gasteiger partial charge in [0.2, 0.25) is 0 Å². The van der Waals surface area contributed by atoms with Crippen molar-refractivity contribution in [3.8, 4) is 5.75 Å². The third-order valence-corrected chi connectivity index (χ3v) is 9.41. The van der Waals surface area contributed by atoms with Crippen molar-refractivity contribution in [1.29, 1.82) is 0 Å². The summed E-state index contributed by atoms with van der Waals surface area (Å²) >= 11 is 7.43. The van der Waals surface area contributed by atoms with Gasteiger partial charge in [0.25, 0.3) is 5.56 Å². The number of halogens is 1. The molecule has 0 saturated heterocycles. The molecule has 7 rings (SSSR count). The molecule has 47 heavy (non-hydrogen) atoms. The molecule has 4 aromatic carbocycles. The zero-order valence-corrected chi connectivity index (χ0v) is 27.3. The maximum Gasteiger partial charge on any atom is 0.338 e. The molecule has 234 valence electrons. The number of hydrogen-bond acceptors (Lipinski definition) is 6. The maximum atomic E-state index is 14.4. The number of nitrogens with zero attached hydrogens (tertiary/aromatic N) is 3. The predicted octanol–water partition coefficient (Wildman–Crippen LogP) is 6.60. The highest BCUT2D eigenvalue weighted by atomic mass is 35.5. The zero-order valence-electron chi connectivity index (χ0n) is 25.7. The normalized spacial score (nSPS) is 14.6. The molecular formula is C38H30ClN3O4S. The predicted molar refractivity (Wildman–Crippen MR) is 187 cm³/mol. The Morgan fingerprint density at radius 3 is 2.40 bits per heavy atom. The Labute approximate surface area is 279 Å². The highest BCUT2D eigenvalue weighted by Gasteiger charge is 2.35. The van der Waals surface area contributed by atoms with Gasteiger partial charge in [-0.05, 0) is 54.5 Å². The number of thiazole rings is 1. The Balaban J connectivity index is 1.44. The van der Waals surface area contributed by atoms with Crippen LogP contribution in [0.5, 0.6) is 5.75 Å². The number of hydrogen-bond donors (Lipinski definition) is 0. The van der Waals surface area contributed by atoms with E-state index in [-0.39, 0.29) is 12.2 Å². The summed E-state index contributed by atoms with van der Waals surface area (Å²) in [5, 5.41) is 1.72. The number of para-hydroxylation sites is 1. The van der Waals surface area contributed by atoms with Crippen LogP contribution in [-0.4, -0.2) is 28.8 Å². The molecule has 2 aromatic heterocycles. The van der Waals surface area contributed by atoms with Crippen molar-refractivity contribution in [3.05, 3.63) is 162 Å². The lowest BCUT2D eigenvalue weighted by atomic mass is 9.93. The molecule has 0 radical (unpaired) electrons. The van der Waals surface area contributed by atoms with E-state index in [1.54, 1.807) is 18.6 Å². The van der Waals surface area contributed by atoms with E-state index in [0.29, 0.717) is 37.9 Å². The molecule has 0 saturated carbocycles. The summed E-state index contributed by atoms with van der Waals surface area (Å²) in [5.74, 6) is 0.150. The summed E-state index contributed by atoms with van der Waals surface area (Å²) in [6, 6.07) is 32.1. The van der Waals surface area contributed by atoms with Crippen LogP contribution in [0.2, 0.25) is 5.02 Å². The topological polar surface area (TPSA) is 74.8 Å². The third-order valence-electron chi connectivity index (χ3n) is 8.18. The molecule has 0 N–H and O–H groups in total. The van der Waals surface area contributed by atoms with Gasteiger partial charge in [-0.1, -0.05) is 95.7 Å². The van der Waals surface area contributed by atoms with Gasteiger partial charge in [-0.3, -0.25) is 9.36 Å². The molecule has 1 aliphatic rings. The Kier molecular flexibility index (Phi) is 8.37. The molecule has 0 bridgehead atoms. The molecule has 0 amide bonds. The van der Waals surface area contributed by atoms with Crippen LogP contribution in [-0.2, 0) is 16.1 Å². The molecule has 6 aromatic rings. The quantitative estimate of drug-likeness (QED) is 0.173. The van der Waals surface area contributed by atoms with Crippen molar-refractivity contribution in [2.75, 3.05) is 13.7 Å². The standard InChI is InChI=1S/C38H30ClN3O4S/c1-3-46-37(44)33-34(25-9-5-4-6-10-25)40-38-42(35(33)26-15-19-29(45-2)20-16-26)36(43)32(47-38)21-27-23-41(31-12-8-7-11-30(27)31)22-24-13-17-28(39)18-14-24/h4-21,23,35H,3,22H2,1-2H3/b32-21-/t35-/m1/s1. The van der Waals surface area contributed by atoms with Crippen LogP contribution in [0.3, 0.4) is 0 Å². The van der Waals surface area contributed by atoms with Crippen LogP contribution in [0.25, 0.3) is 22.7 Å². The van der Waals surface area contributed by atoms with E-state index in [9.17, 15) is 9.59 Å². The summed E-state index contributed by atoms with van der Waals surface area (Å²) in [4.78, 5) is 33.6. The second-order valence-electron chi connectivity index (χ2n) is 11.1. The van der Waals surface area contributed by atoms with E-state index >= 15 is 0 Å². The fourth-order valence-corrected chi connectivity index (χ4v) is 7.11. The minimum absolute atomic E-state index is 0.185. The SMILES string of the molecule is CCOC(=O)C1=C(c2ccccc2)N=c2s/c(=C\c3cn(Cc4ccc(Cl)cc4)c4ccccc34)c(=O)n2[C@@H]1c1ccc(OC)cc1. The first-order valence-electron chi connectivity index (χ1n) is 15.2. The maximum absolute atomic E-state index is 14.4. The van der Waals surface area contributed by atoms with Crippen molar-refractivity contribution in [2.24, 2.45) is 4.99 Å². The summed E-state index contributed by atoms with van der Waals surface area (Å²) in [6.07, 6.45) is 3.99. The van der Waals surface area contributed by atoms with E-state index < -0.39 is 12.0 Å². The minimum Gasteiger partial charge on any atom is -0.497 e. The number of ether oxygens (including phenoxy) is 2. The van der Waals surface area contributed by atoms with Crippen molar-refractivity contribution < 1.29 is 14.3 Å². The Hall–Kier alpha value is -5.18. The second-order valence-corrected chi connectivity index (χ2v) is 12.5. The number of esters is 1. The third kappa shape index (κ3) is 5.82. The van der Waals surface area contributed by atoms with E-state index in [0.717, 1.165) is 33.2 Å². The summed E-state index contributed by atoms with van der Waals surface area (Å²) in [5.41, 5.74) is 5.13. The first-order valence-corrected chi connectivity index (χ1v) is 16.4. The fourth-order valence-electron chi connectivity index (χ4n) is 5.99. The van der Waals surface area contributed by atoms with Crippen LogP contribution in [0, 0.1) is 0 Å². The van der Waals surface area contributed by atoms with Crippen LogP contribution in [0.15, 0.2) is 125 Å². The van der Waals surface area contributed by atoms with Gasteiger partial charge in [-0.2, -0.15) is 0 Å². The molecule has 1 aliphatic heterocycles. The van der Waals surface area contributed by atoms with Crippen molar-refractivity contribution in [2.45, 2.75) is 19.5 Å². The van der Waals surface area contributed by atoms with Gasteiger partial charge in [0, 0.05) is 39.8 Å². The number of rotatable bonds is 8. The average molecular weight is 660 g/mol. The molecule has 0 spiro atoms. The lowest BCUT2D eigenvalue weighted by molar-refractivity contribution is -0.138. The molecule has 0 unspecified atom stereocenters. The van der Waals surface area contributed by atoms with E-state index in [2.05, 4.69) is 22.9 Å². The minimum atomic E-state index is -0.764. The van der Waals surface area contributed by atoms with Crippen molar-refractivity contribution in [1.82, 2.24) is 9.13 Å². The molecule has 1 atom stereocenters. The second kappa shape index (κ2) is 12.9. The van der Waals surface area contributed by atoms with Crippen LogP contribution in [0.4, 0.5) is 0 Å². The largest absolute Gasteiger partial charge is 0.497 e. The first kappa shape index (κ1) is 30.5. The van der Waals surface area contributed by atoms with Crippen molar-refractivity contribution >= 4 is 51.6 Å². The molecule has 0 fully saturated rings. The summed E-state index contributed by atoms with van der Waals surface area (Å²) in [6.45, 7) is 2.60. The number of aromatic nitrogens is 2. The molecule has 0 aliphatic carbocycles. The number of carbonyl (C=O) groups excluding carboxylic acids is 1. The van der Waals surface area contributed by atoms with E-state index in [4.69, 9.17) is 26.1 Å². The highest BCUT2D eigenvalue weighted by Crippen LogP contribution is 2.36. The Morgan fingerprint density at radius 2 is 1.68 bits per heavy atom. The number of carbonyl (C=O) groups is 1. The molecule has 7 nitrogen and oxygen atoms in total. The number of benzene rings is 4. The van der Waals surface area contributed by atoms with E-state index in [1.165, 1.54) is 11.3 Å². The summed E-state index contributed by atoms with van der Waals surface area (Å²) < 4.78 is 15.3. The van der Waals surface area contributed by atoms with Gasteiger partial charge < -0.3 is 14.0 Å². The van der Waals surface area contributed by atoms with Crippen LogP contribution >= 0.6 is 22.9 Å². The van der Waals surface area contributed by atoms with Gasteiger partial charge in [-0.25, -0.2) is 9.79 Å². The first-order chi connectivity index (χ1) is 22.9. The number of fused-ring (bicyclic) bond motifs is 2. The van der Waals surface area contributed by atoms with Crippen LogP contribution in [0.1, 0.15) is 35.2 Å². The highest BCUT2D eigenvalue weighted by molar-refractivity contribution is 7.07. The van der Waals surface area contributed by atoms with E-state index in [1.807, 2.05) is 97.1 Å². The van der Waals surface area contributed by atoms with Gasteiger partial charge in [0.05, 0.1) is 35.6 Å². The Morgan fingerprint density at radius 1 is 0.957 bits per heavy atom. The van der Waals surface area contributed by atoms with Crippen molar-refractivity contribution in [3.63, 3.8) is 0 Å². The van der Waals surface area contributed by atoms with Gasteiger partial charge in [0.1, 0.15) is 5.75 Å². The van der Waals surface area contributed by atoms with Gasteiger partial charge in [-0.15, -0.1) is 0 Å². The molecular weight excluding hydrogens is 630 g/mol. The zero-order chi connectivity index (χ0) is 32.5. The average Bonchev–Trinajstić information content (AvgIpc) is 3.61. The molecule has 9 heteroatoms. The smallest absolute Gasteiger partial charge is 0.338 e. The van der Waals surface area contributed by atoms with Gasteiger partial charge >= 0.3 is 5.97 Å². The Bertz CT molecular complexity index is 2320. The fraction of sp³-hybridized carbons (Fsp3) is 0.132. The van der Waals surface area contributed by atoms with Crippen LogP contribution < -0.4 is 19.6 Å². The monoisotopic (exact) mass is 659 g/mol. The summed E-state index contributed by atoms with van der Waals surface area (Å²) in [7, 11) is 1.60. The lowest BCUT2D eigenvalue weighted by Crippen LogP contribution is -2.40. The molecule has 3 heterocycles.